The highest BCUT2D eigenvalue weighted by Crippen LogP contribution is 2.49. The van der Waals surface area contributed by atoms with E-state index < -0.39 is 0 Å². The van der Waals surface area contributed by atoms with Gasteiger partial charge in [-0.1, -0.05) is 0 Å². The molecule has 2 rings (SSSR count). The highest BCUT2D eigenvalue weighted by molar-refractivity contribution is 5.96. The highest BCUT2D eigenvalue weighted by Gasteiger charge is 2.45. The van der Waals surface area contributed by atoms with Crippen LogP contribution in [-0.4, -0.2) is 29.8 Å². The first-order chi connectivity index (χ1) is 7.67. The summed E-state index contributed by atoms with van der Waals surface area (Å²) in [5.41, 5.74) is 5.74. The molecule has 2 aliphatic rings. The minimum absolute atomic E-state index is 0.0193. The molecule has 1 saturated carbocycles. The number of likely N-dealkylation sites (tertiary alicyclic amines) is 1. The third-order valence-electron chi connectivity index (χ3n) is 3.76. The van der Waals surface area contributed by atoms with Gasteiger partial charge in [-0.2, -0.15) is 0 Å². The van der Waals surface area contributed by atoms with Crippen molar-refractivity contribution in [1.29, 1.82) is 0 Å². The van der Waals surface area contributed by atoms with Crippen LogP contribution in [0.5, 0.6) is 0 Å². The predicted molar refractivity (Wildman–Crippen MR) is 60.5 cm³/mol. The zero-order valence-electron chi connectivity index (χ0n) is 9.71. The molecule has 0 aromatic heterocycles. The molecule has 0 bridgehead atoms. The van der Waals surface area contributed by atoms with Crippen molar-refractivity contribution in [1.82, 2.24) is 4.90 Å². The van der Waals surface area contributed by atoms with Gasteiger partial charge in [-0.25, -0.2) is 0 Å². The molecule has 1 heterocycles. The zero-order valence-corrected chi connectivity index (χ0v) is 9.71. The molecule has 0 aromatic rings. The molecule has 4 nitrogen and oxygen atoms in total. The van der Waals surface area contributed by atoms with E-state index in [1.54, 1.807) is 0 Å². The molecular weight excluding hydrogens is 204 g/mol. The number of nitrogens with two attached hydrogens (primary N) is 1. The normalized spacial score (nSPS) is 24.4. The SMILES string of the molecule is NCCC1(CN2C(=O)CCCCC2=O)CC1. The first-order valence-electron chi connectivity index (χ1n) is 6.20. The smallest absolute Gasteiger partial charge is 0.229 e. The number of nitrogens with zero attached hydrogens (tertiary/aromatic N) is 1. The summed E-state index contributed by atoms with van der Waals surface area (Å²) in [6, 6.07) is 0. The van der Waals surface area contributed by atoms with Gasteiger partial charge in [-0.15, -0.1) is 0 Å². The number of rotatable bonds is 4. The zero-order chi connectivity index (χ0) is 11.6. The van der Waals surface area contributed by atoms with Crippen molar-refractivity contribution in [2.45, 2.75) is 44.9 Å². The van der Waals surface area contributed by atoms with Gasteiger partial charge in [-0.05, 0) is 44.1 Å². The maximum atomic E-state index is 11.8. The summed E-state index contributed by atoms with van der Waals surface area (Å²) in [6.07, 6.45) is 5.93. The summed E-state index contributed by atoms with van der Waals surface area (Å²) in [7, 11) is 0. The molecule has 2 fully saturated rings. The van der Waals surface area contributed by atoms with Gasteiger partial charge in [0, 0.05) is 19.4 Å². The van der Waals surface area contributed by atoms with Gasteiger partial charge in [0.05, 0.1) is 0 Å². The number of imide groups is 1. The van der Waals surface area contributed by atoms with Gasteiger partial charge < -0.3 is 5.73 Å². The largest absolute Gasteiger partial charge is 0.330 e. The summed E-state index contributed by atoms with van der Waals surface area (Å²) < 4.78 is 0. The van der Waals surface area contributed by atoms with Crippen LogP contribution in [0.2, 0.25) is 0 Å². The van der Waals surface area contributed by atoms with Crippen LogP contribution in [-0.2, 0) is 9.59 Å². The first-order valence-corrected chi connectivity index (χ1v) is 6.20. The Morgan fingerprint density at radius 1 is 1.12 bits per heavy atom. The summed E-state index contributed by atoms with van der Waals surface area (Å²) in [5.74, 6) is 0.0385. The lowest BCUT2D eigenvalue weighted by atomic mass is 10.0. The van der Waals surface area contributed by atoms with Crippen LogP contribution in [0, 0.1) is 5.41 Å². The highest BCUT2D eigenvalue weighted by atomic mass is 16.2. The molecule has 4 heteroatoms. The van der Waals surface area contributed by atoms with Gasteiger partial charge in [0.1, 0.15) is 0 Å². The lowest BCUT2D eigenvalue weighted by Gasteiger charge is -2.24. The first kappa shape index (κ1) is 11.6. The van der Waals surface area contributed by atoms with Crippen molar-refractivity contribution >= 4 is 11.8 Å². The van der Waals surface area contributed by atoms with Crippen LogP contribution in [0.4, 0.5) is 0 Å². The van der Waals surface area contributed by atoms with Crippen LogP contribution < -0.4 is 5.73 Å². The Morgan fingerprint density at radius 2 is 1.69 bits per heavy atom. The van der Waals surface area contributed by atoms with Crippen LogP contribution >= 0.6 is 0 Å². The number of hydrogen-bond donors (Lipinski definition) is 1. The molecule has 0 radical (unpaired) electrons. The van der Waals surface area contributed by atoms with E-state index in [0.29, 0.717) is 25.9 Å². The molecule has 1 aliphatic carbocycles. The summed E-state index contributed by atoms with van der Waals surface area (Å²) in [6.45, 7) is 1.26. The third-order valence-corrected chi connectivity index (χ3v) is 3.76. The molecule has 1 saturated heterocycles. The minimum atomic E-state index is 0.0193. The van der Waals surface area contributed by atoms with E-state index in [1.807, 2.05) is 0 Å². The second-order valence-corrected chi connectivity index (χ2v) is 5.12. The Morgan fingerprint density at radius 3 is 2.12 bits per heavy atom. The van der Waals surface area contributed by atoms with Crippen molar-refractivity contribution in [2.75, 3.05) is 13.1 Å². The number of hydrogen-bond acceptors (Lipinski definition) is 3. The molecule has 0 unspecified atom stereocenters. The predicted octanol–water partition coefficient (Wildman–Crippen LogP) is 1.04. The Hall–Kier alpha value is -0.900. The fourth-order valence-electron chi connectivity index (χ4n) is 2.44. The Bertz CT molecular complexity index is 279. The van der Waals surface area contributed by atoms with E-state index in [9.17, 15) is 9.59 Å². The molecule has 1 aliphatic heterocycles. The minimum Gasteiger partial charge on any atom is -0.330 e. The summed E-state index contributed by atoms with van der Waals surface area (Å²) in [5, 5.41) is 0. The Balaban J connectivity index is 2.00. The van der Waals surface area contributed by atoms with E-state index in [4.69, 9.17) is 5.73 Å². The molecule has 0 aromatic carbocycles. The molecule has 2 N–H and O–H groups in total. The number of carbonyl (C=O) groups is 2. The van der Waals surface area contributed by atoms with Crippen LogP contribution in [0.15, 0.2) is 0 Å². The molecule has 16 heavy (non-hydrogen) atoms. The van der Waals surface area contributed by atoms with Crippen molar-refractivity contribution in [3.63, 3.8) is 0 Å². The Labute approximate surface area is 96.2 Å². The fourth-order valence-corrected chi connectivity index (χ4v) is 2.44. The van der Waals surface area contributed by atoms with Gasteiger partial charge in [0.15, 0.2) is 0 Å². The van der Waals surface area contributed by atoms with Crippen LogP contribution in [0.1, 0.15) is 44.9 Å². The lowest BCUT2D eigenvalue weighted by molar-refractivity contribution is -0.144. The number of carbonyl (C=O) groups excluding carboxylic acids is 2. The van der Waals surface area contributed by atoms with Gasteiger partial charge in [-0.3, -0.25) is 14.5 Å². The van der Waals surface area contributed by atoms with Crippen molar-refractivity contribution in [3.05, 3.63) is 0 Å². The van der Waals surface area contributed by atoms with E-state index in [-0.39, 0.29) is 17.2 Å². The van der Waals surface area contributed by atoms with E-state index >= 15 is 0 Å². The fraction of sp³-hybridized carbons (Fsp3) is 0.833. The second-order valence-electron chi connectivity index (χ2n) is 5.12. The molecule has 2 amide bonds. The van der Waals surface area contributed by atoms with Gasteiger partial charge in [0.2, 0.25) is 11.8 Å². The van der Waals surface area contributed by atoms with Crippen LogP contribution in [0.25, 0.3) is 0 Å². The van der Waals surface area contributed by atoms with Crippen LogP contribution in [0.3, 0.4) is 0 Å². The van der Waals surface area contributed by atoms with Crippen molar-refractivity contribution in [3.8, 4) is 0 Å². The summed E-state index contributed by atoms with van der Waals surface area (Å²) >= 11 is 0. The van der Waals surface area contributed by atoms with E-state index in [0.717, 1.165) is 32.1 Å². The average Bonchev–Trinajstić information content (AvgIpc) is 3.02. The molecule has 0 atom stereocenters. The maximum Gasteiger partial charge on any atom is 0.229 e. The topological polar surface area (TPSA) is 63.4 Å². The van der Waals surface area contributed by atoms with Gasteiger partial charge in [0.25, 0.3) is 0 Å². The quantitative estimate of drug-likeness (QED) is 0.726. The van der Waals surface area contributed by atoms with E-state index in [1.165, 1.54) is 4.90 Å². The van der Waals surface area contributed by atoms with Crippen molar-refractivity contribution < 1.29 is 9.59 Å². The maximum absolute atomic E-state index is 11.8. The van der Waals surface area contributed by atoms with Crippen molar-refractivity contribution in [2.24, 2.45) is 11.1 Å². The average molecular weight is 224 g/mol. The lowest BCUT2D eigenvalue weighted by Crippen LogP contribution is -2.40. The number of amides is 2. The monoisotopic (exact) mass is 224 g/mol. The summed E-state index contributed by atoms with van der Waals surface area (Å²) in [4.78, 5) is 25.1. The second kappa shape index (κ2) is 4.53. The van der Waals surface area contributed by atoms with Gasteiger partial charge >= 0.3 is 0 Å². The molecule has 90 valence electrons. The Kier molecular flexibility index (Phi) is 3.28. The standard InChI is InChI=1S/C12H20N2O2/c13-8-7-12(5-6-12)9-14-10(15)3-1-2-4-11(14)16/h1-9,13H2. The third kappa shape index (κ3) is 2.43. The molecular formula is C12H20N2O2. The van der Waals surface area contributed by atoms with E-state index in [2.05, 4.69) is 0 Å². The molecule has 0 spiro atoms.